The summed E-state index contributed by atoms with van der Waals surface area (Å²) in [4.78, 5) is 23.8. The number of nitrogens with zero attached hydrogens (tertiary/aromatic N) is 1. The van der Waals surface area contributed by atoms with E-state index in [1.54, 1.807) is 0 Å². The normalized spacial score (nSPS) is 12.3. The molecule has 0 aliphatic carbocycles. The molecule has 1 amide bonds. The molecule has 2 N–H and O–H groups in total. The predicted octanol–water partition coefficient (Wildman–Crippen LogP) is 5.08. The number of amides is 1. The first-order valence-electron chi connectivity index (χ1n) is 8.64. The molecule has 1 heterocycles. The zero-order chi connectivity index (χ0) is 20.1. The van der Waals surface area contributed by atoms with E-state index in [1.807, 2.05) is 19.1 Å². The van der Waals surface area contributed by atoms with Gasteiger partial charge in [-0.1, -0.05) is 38.1 Å². The van der Waals surface area contributed by atoms with Gasteiger partial charge in [-0.25, -0.2) is 4.79 Å². The molecule has 140 valence electrons. The van der Waals surface area contributed by atoms with Crippen LogP contribution in [0.3, 0.4) is 0 Å². The lowest BCUT2D eigenvalue weighted by Gasteiger charge is -2.10. The van der Waals surface area contributed by atoms with E-state index in [-0.39, 0.29) is 5.57 Å². The third-order valence-electron chi connectivity index (χ3n) is 4.50. The van der Waals surface area contributed by atoms with E-state index >= 15 is 0 Å². The van der Waals surface area contributed by atoms with Gasteiger partial charge in [0.1, 0.15) is 11.1 Å². The molecule has 2 rings (SSSR count). The standard InChI is InChI=1S/C21H22N2O3S/c1-5-12(2)15-6-8-16(9-7-15)19-14(4)27-20(17(19)11-22)23-18(24)10-13(3)21(25)26/h6-10,12H,5H2,1-4H3,(H,23,24)(H,25,26)/b13-10+. The van der Waals surface area contributed by atoms with Gasteiger partial charge in [-0.3, -0.25) is 4.79 Å². The molecular formula is C21H22N2O3S. The summed E-state index contributed by atoms with van der Waals surface area (Å²) in [5.74, 6) is -1.25. The molecule has 0 saturated heterocycles. The zero-order valence-corrected chi connectivity index (χ0v) is 16.6. The number of nitriles is 1. The maximum absolute atomic E-state index is 12.1. The van der Waals surface area contributed by atoms with Gasteiger partial charge in [-0.05, 0) is 37.3 Å². The number of carbonyl (C=O) groups excluding carboxylic acids is 1. The van der Waals surface area contributed by atoms with Gasteiger partial charge < -0.3 is 10.4 Å². The third kappa shape index (κ3) is 4.63. The monoisotopic (exact) mass is 382 g/mol. The Labute approximate surface area is 163 Å². The number of carbonyl (C=O) groups is 2. The van der Waals surface area contributed by atoms with Crippen molar-refractivity contribution >= 4 is 28.2 Å². The average Bonchev–Trinajstić information content (AvgIpc) is 2.95. The minimum absolute atomic E-state index is 0.0693. The number of aryl methyl sites for hydroxylation is 1. The molecule has 0 spiro atoms. The number of carboxylic acids is 1. The predicted molar refractivity (Wildman–Crippen MR) is 108 cm³/mol. The van der Waals surface area contributed by atoms with Crippen molar-refractivity contribution in [3.63, 3.8) is 0 Å². The maximum atomic E-state index is 12.1. The highest BCUT2D eigenvalue weighted by Gasteiger charge is 2.19. The van der Waals surface area contributed by atoms with Crippen LogP contribution in [0.2, 0.25) is 0 Å². The molecule has 0 radical (unpaired) electrons. The second-order valence-electron chi connectivity index (χ2n) is 6.40. The molecule has 0 saturated carbocycles. The number of nitrogens with one attached hydrogen (secondary N) is 1. The summed E-state index contributed by atoms with van der Waals surface area (Å²) >= 11 is 1.31. The molecule has 1 unspecified atom stereocenters. The fourth-order valence-electron chi connectivity index (χ4n) is 2.71. The minimum atomic E-state index is -1.16. The molecule has 0 aliphatic heterocycles. The lowest BCUT2D eigenvalue weighted by molar-refractivity contribution is -0.132. The Hall–Kier alpha value is -2.91. The first-order chi connectivity index (χ1) is 12.8. The summed E-state index contributed by atoms with van der Waals surface area (Å²) in [6, 6.07) is 10.3. The topological polar surface area (TPSA) is 90.2 Å². The summed E-state index contributed by atoms with van der Waals surface area (Å²) in [5.41, 5.74) is 3.29. The summed E-state index contributed by atoms with van der Waals surface area (Å²) in [5, 5.41) is 21.6. The van der Waals surface area contributed by atoms with Crippen LogP contribution in [0.1, 0.15) is 49.1 Å². The van der Waals surface area contributed by atoms with Crippen LogP contribution in [-0.2, 0) is 9.59 Å². The van der Waals surface area contributed by atoms with Crippen LogP contribution in [-0.4, -0.2) is 17.0 Å². The lowest BCUT2D eigenvalue weighted by Crippen LogP contribution is -2.10. The van der Waals surface area contributed by atoms with Crippen molar-refractivity contribution in [3.8, 4) is 17.2 Å². The second kappa shape index (κ2) is 8.65. The van der Waals surface area contributed by atoms with E-state index in [2.05, 4.69) is 37.4 Å². The van der Waals surface area contributed by atoms with Crippen LogP contribution in [0.15, 0.2) is 35.9 Å². The summed E-state index contributed by atoms with van der Waals surface area (Å²) < 4.78 is 0. The molecule has 0 fully saturated rings. The van der Waals surface area contributed by atoms with Crippen LogP contribution in [0.5, 0.6) is 0 Å². The Morgan fingerprint density at radius 1 is 1.33 bits per heavy atom. The van der Waals surface area contributed by atoms with E-state index in [0.29, 0.717) is 16.5 Å². The number of hydrogen-bond donors (Lipinski definition) is 2. The van der Waals surface area contributed by atoms with Crippen molar-refractivity contribution in [2.45, 2.75) is 40.0 Å². The Morgan fingerprint density at radius 2 is 1.96 bits per heavy atom. The Bertz CT molecular complexity index is 934. The first kappa shape index (κ1) is 20.4. The smallest absolute Gasteiger partial charge is 0.331 e. The fourth-order valence-corrected chi connectivity index (χ4v) is 3.74. The SMILES string of the molecule is CCC(C)c1ccc(-c2c(C)sc(NC(=O)/C=C(\C)C(=O)O)c2C#N)cc1. The van der Waals surface area contributed by atoms with Crippen molar-refractivity contribution in [2.75, 3.05) is 5.32 Å². The number of anilines is 1. The number of benzene rings is 1. The molecule has 0 aliphatic rings. The highest BCUT2D eigenvalue weighted by Crippen LogP contribution is 2.39. The van der Waals surface area contributed by atoms with E-state index in [9.17, 15) is 14.9 Å². The molecule has 1 atom stereocenters. The van der Waals surface area contributed by atoms with E-state index in [4.69, 9.17) is 5.11 Å². The lowest BCUT2D eigenvalue weighted by atomic mass is 9.95. The highest BCUT2D eigenvalue weighted by molar-refractivity contribution is 7.17. The Balaban J connectivity index is 2.38. The number of aliphatic carboxylic acids is 1. The van der Waals surface area contributed by atoms with Crippen LogP contribution in [0, 0.1) is 18.3 Å². The molecule has 2 aromatic rings. The first-order valence-corrected chi connectivity index (χ1v) is 9.46. The Morgan fingerprint density at radius 3 is 2.48 bits per heavy atom. The molecule has 27 heavy (non-hydrogen) atoms. The van der Waals surface area contributed by atoms with Gasteiger partial charge in [0, 0.05) is 22.1 Å². The third-order valence-corrected chi connectivity index (χ3v) is 5.52. The van der Waals surface area contributed by atoms with E-state index in [0.717, 1.165) is 28.5 Å². The molecule has 1 aromatic heterocycles. The second-order valence-corrected chi connectivity index (χ2v) is 7.63. The summed E-state index contributed by atoms with van der Waals surface area (Å²) in [6.45, 7) is 7.56. The number of carboxylic acid groups (broad SMARTS) is 1. The van der Waals surface area contributed by atoms with Crippen molar-refractivity contribution in [3.05, 3.63) is 51.9 Å². The average molecular weight is 382 g/mol. The molecular weight excluding hydrogens is 360 g/mol. The quantitative estimate of drug-likeness (QED) is 0.682. The van der Waals surface area contributed by atoms with Crippen LogP contribution in [0.4, 0.5) is 5.00 Å². The fraction of sp³-hybridized carbons (Fsp3) is 0.286. The van der Waals surface area contributed by atoms with Crippen LogP contribution in [0.25, 0.3) is 11.1 Å². The van der Waals surface area contributed by atoms with Crippen molar-refractivity contribution in [1.29, 1.82) is 5.26 Å². The summed E-state index contributed by atoms with van der Waals surface area (Å²) in [6.07, 6.45) is 2.07. The zero-order valence-electron chi connectivity index (χ0n) is 15.8. The largest absolute Gasteiger partial charge is 0.478 e. The summed E-state index contributed by atoms with van der Waals surface area (Å²) in [7, 11) is 0. The number of rotatable bonds is 6. The van der Waals surface area contributed by atoms with Crippen molar-refractivity contribution < 1.29 is 14.7 Å². The maximum Gasteiger partial charge on any atom is 0.331 e. The van der Waals surface area contributed by atoms with Crippen LogP contribution < -0.4 is 5.32 Å². The number of thiophene rings is 1. The number of hydrogen-bond acceptors (Lipinski definition) is 4. The van der Waals surface area contributed by atoms with Gasteiger partial charge in [0.15, 0.2) is 0 Å². The van der Waals surface area contributed by atoms with Gasteiger partial charge in [0.25, 0.3) is 0 Å². The van der Waals surface area contributed by atoms with Gasteiger partial charge in [0.05, 0.1) is 5.56 Å². The van der Waals surface area contributed by atoms with E-state index < -0.39 is 11.9 Å². The van der Waals surface area contributed by atoms with Gasteiger partial charge in [0.2, 0.25) is 5.91 Å². The van der Waals surface area contributed by atoms with Crippen molar-refractivity contribution in [2.24, 2.45) is 0 Å². The minimum Gasteiger partial charge on any atom is -0.478 e. The highest BCUT2D eigenvalue weighted by atomic mass is 32.1. The van der Waals surface area contributed by atoms with Crippen molar-refractivity contribution in [1.82, 2.24) is 0 Å². The molecule has 1 aromatic carbocycles. The molecule has 5 nitrogen and oxygen atoms in total. The molecule has 0 bridgehead atoms. The van der Waals surface area contributed by atoms with Gasteiger partial charge in [-0.15, -0.1) is 11.3 Å². The van der Waals surface area contributed by atoms with E-state index in [1.165, 1.54) is 23.8 Å². The van der Waals surface area contributed by atoms with Gasteiger partial charge >= 0.3 is 5.97 Å². The molecule has 6 heteroatoms. The van der Waals surface area contributed by atoms with Crippen LogP contribution >= 0.6 is 11.3 Å². The van der Waals surface area contributed by atoms with Gasteiger partial charge in [-0.2, -0.15) is 5.26 Å². The Kier molecular flexibility index (Phi) is 6.54.